The van der Waals surface area contributed by atoms with E-state index in [0.29, 0.717) is 11.5 Å². The molecule has 1 N–H and O–H groups in total. The van der Waals surface area contributed by atoms with E-state index in [-0.39, 0.29) is 13.3 Å². The van der Waals surface area contributed by atoms with Gasteiger partial charge in [-0.15, -0.1) is 0 Å². The van der Waals surface area contributed by atoms with E-state index in [1.165, 1.54) is 0 Å². The van der Waals surface area contributed by atoms with Gasteiger partial charge in [0.05, 0.1) is 5.25 Å². The zero-order chi connectivity index (χ0) is 12.5. The molecule has 1 aliphatic heterocycles. The van der Waals surface area contributed by atoms with Gasteiger partial charge in [-0.05, 0) is 19.9 Å². The van der Waals surface area contributed by atoms with Gasteiger partial charge in [-0.1, -0.05) is 12.1 Å². The van der Waals surface area contributed by atoms with Crippen molar-refractivity contribution in [1.82, 2.24) is 4.72 Å². The molecule has 0 fully saturated rings. The summed E-state index contributed by atoms with van der Waals surface area (Å²) in [7, 11) is -3.26. The third-order valence-electron chi connectivity index (χ3n) is 2.56. The summed E-state index contributed by atoms with van der Waals surface area (Å²) in [5, 5.41) is -0.448. The molecule has 1 heterocycles. The van der Waals surface area contributed by atoms with Crippen molar-refractivity contribution in [2.45, 2.75) is 25.6 Å². The van der Waals surface area contributed by atoms with Crippen LogP contribution < -0.4 is 14.2 Å². The molecule has 94 valence electrons. The molecule has 0 amide bonds. The second-order valence-electron chi connectivity index (χ2n) is 4.07. The van der Waals surface area contributed by atoms with E-state index >= 15 is 0 Å². The Morgan fingerprint density at radius 1 is 1.35 bits per heavy atom. The first-order valence-electron chi connectivity index (χ1n) is 5.36. The Hall–Kier alpha value is -1.27. The Bertz CT molecular complexity index is 510. The topological polar surface area (TPSA) is 64.6 Å². The number of para-hydroxylation sites is 1. The van der Waals surface area contributed by atoms with E-state index in [2.05, 4.69) is 4.72 Å². The van der Waals surface area contributed by atoms with Gasteiger partial charge in [0, 0.05) is 12.1 Å². The minimum absolute atomic E-state index is 0.184. The lowest BCUT2D eigenvalue weighted by atomic mass is 10.2. The molecule has 1 aromatic carbocycles. The van der Waals surface area contributed by atoms with E-state index in [0.717, 1.165) is 5.56 Å². The molecule has 0 saturated heterocycles. The zero-order valence-electron chi connectivity index (χ0n) is 9.76. The summed E-state index contributed by atoms with van der Waals surface area (Å²) in [5.41, 5.74) is 0.782. The summed E-state index contributed by atoms with van der Waals surface area (Å²) in [4.78, 5) is 0. The number of ether oxygens (including phenoxy) is 2. The molecule has 1 aliphatic rings. The Morgan fingerprint density at radius 3 is 2.82 bits per heavy atom. The molecule has 6 heteroatoms. The van der Waals surface area contributed by atoms with Gasteiger partial charge < -0.3 is 9.47 Å². The number of rotatable bonds is 4. The smallest absolute Gasteiger partial charge is 0.231 e. The highest BCUT2D eigenvalue weighted by Crippen LogP contribution is 2.35. The highest BCUT2D eigenvalue weighted by atomic mass is 32.2. The molecule has 0 aliphatic carbocycles. The van der Waals surface area contributed by atoms with Crippen LogP contribution in [0.5, 0.6) is 11.5 Å². The lowest BCUT2D eigenvalue weighted by molar-refractivity contribution is 0.173. The van der Waals surface area contributed by atoms with Crippen LogP contribution in [0.1, 0.15) is 19.4 Å². The molecule has 0 spiro atoms. The molecule has 2 rings (SSSR count). The van der Waals surface area contributed by atoms with E-state index in [1.807, 2.05) is 12.1 Å². The predicted molar refractivity (Wildman–Crippen MR) is 63.5 cm³/mol. The summed E-state index contributed by atoms with van der Waals surface area (Å²) >= 11 is 0. The molecule has 0 aromatic heterocycles. The number of fused-ring (bicyclic) bond motifs is 1. The van der Waals surface area contributed by atoms with Crippen molar-refractivity contribution in [1.29, 1.82) is 0 Å². The monoisotopic (exact) mass is 257 g/mol. The lowest BCUT2D eigenvalue weighted by Gasteiger charge is -2.10. The van der Waals surface area contributed by atoms with E-state index in [4.69, 9.17) is 9.47 Å². The fourth-order valence-electron chi connectivity index (χ4n) is 1.47. The average Bonchev–Trinajstić information content (AvgIpc) is 2.74. The number of nitrogens with one attached hydrogen (secondary N) is 1. The second kappa shape index (κ2) is 4.54. The number of sulfonamides is 1. The molecular weight excluding hydrogens is 242 g/mol. The van der Waals surface area contributed by atoms with Gasteiger partial charge in [-0.25, -0.2) is 13.1 Å². The van der Waals surface area contributed by atoms with Crippen molar-refractivity contribution in [2.75, 3.05) is 6.79 Å². The van der Waals surface area contributed by atoms with Crippen LogP contribution in [0.15, 0.2) is 18.2 Å². The molecule has 0 bridgehead atoms. The van der Waals surface area contributed by atoms with E-state index in [1.54, 1.807) is 19.9 Å². The third kappa shape index (κ3) is 2.53. The molecule has 17 heavy (non-hydrogen) atoms. The van der Waals surface area contributed by atoms with Crippen molar-refractivity contribution >= 4 is 10.0 Å². The van der Waals surface area contributed by atoms with Gasteiger partial charge in [-0.2, -0.15) is 0 Å². The lowest BCUT2D eigenvalue weighted by Crippen LogP contribution is -2.30. The van der Waals surface area contributed by atoms with E-state index < -0.39 is 15.3 Å². The van der Waals surface area contributed by atoms with Gasteiger partial charge in [0.2, 0.25) is 16.8 Å². The first-order chi connectivity index (χ1) is 8.00. The highest BCUT2D eigenvalue weighted by molar-refractivity contribution is 7.90. The van der Waals surface area contributed by atoms with Gasteiger partial charge in [-0.3, -0.25) is 0 Å². The van der Waals surface area contributed by atoms with Crippen molar-refractivity contribution in [3.05, 3.63) is 23.8 Å². The van der Waals surface area contributed by atoms with Crippen LogP contribution in [0, 0.1) is 0 Å². The predicted octanol–water partition coefficient (Wildman–Crippen LogP) is 1.24. The average molecular weight is 257 g/mol. The quantitative estimate of drug-likeness (QED) is 0.881. The van der Waals surface area contributed by atoms with Crippen molar-refractivity contribution < 1.29 is 17.9 Å². The summed E-state index contributed by atoms with van der Waals surface area (Å²) < 4.78 is 36.3. The SMILES string of the molecule is CC(C)S(=O)(=O)NCc1cccc2c1OCO2. The van der Waals surface area contributed by atoms with Crippen LogP contribution in [-0.2, 0) is 16.6 Å². The fraction of sp³-hybridized carbons (Fsp3) is 0.455. The van der Waals surface area contributed by atoms with Gasteiger partial charge in [0.25, 0.3) is 0 Å². The van der Waals surface area contributed by atoms with Crippen LogP contribution >= 0.6 is 0 Å². The fourth-order valence-corrected chi connectivity index (χ4v) is 2.16. The summed E-state index contributed by atoms with van der Waals surface area (Å²) in [6, 6.07) is 5.42. The summed E-state index contributed by atoms with van der Waals surface area (Å²) in [6.07, 6.45) is 0. The minimum Gasteiger partial charge on any atom is -0.454 e. The Balaban J connectivity index is 2.13. The molecule has 0 radical (unpaired) electrons. The number of benzene rings is 1. The molecule has 1 aromatic rings. The van der Waals surface area contributed by atoms with Crippen molar-refractivity contribution in [2.24, 2.45) is 0 Å². The van der Waals surface area contributed by atoms with Crippen molar-refractivity contribution in [3.8, 4) is 11.5 Å². The van der Waals surface area contributed by atoms with E-state index in [9.17, 15) is 8.42 Å². The maximum absolute atomic E-state index is 11.6. The molecular formula is C11H15NO4S. The third-order valence-corrected chi connectivity index (χ3v) is 4.35. The normalized spacial score (nSPS) is 14.3. The van der Waals surface area contributed by atoms with Gasteiger partial charge in [0.15, 0.2) is 11.5 Å². The molecule has 0 saturated carbocycles. The minimum atomic E-state index is -3.26. The number of hydrogen-bond donors (Lipinski definition) is 1. The zero-order valence-corrected chi connectivity index (χ0v) is 10.6. The highest BCUT2D eigenvalue weighted by Gasteiger charge is 2.20. The second-order valence-corrected chi connectivity index (χ2v) is 6.39. The van der Waals surface area contributed by atoms with Gasteiger partial charge in [0.1, 0.15) is 0 Å². The molecule has 0 unspecified atom stereocenters. The largest absolute Gasteiger partial charge is 0.454 e. The Kier molecular flexibility index (Phi) is 3.26. The first-order valence-corrected chi connectivity index (χ1v) is 6.91. The van der Waals surface area contributed by atoms with Crippen LogP contribution in [0.2, 0.25) is 0 Å². The standard InChI is InChI=1S/C11H15NO4S/c1-8(2)17(13,14)12-6-9-4-3-5-10-11(9)16-7-15-10/h3-5,8,12H,6-7H2,1-2H3. The van der Waals surface area contributed by atoms with Crippen LogP contribution in [0.3, 0.4) is 0 Å². The van der Waals surface area contributed by atoms with Crippen LogP contribution in [-0.4, -0.2) is 20.5 Å². The van der Waals surface area contributed by atoms with Gasteiger partial charge >= 0.3 is 0 Å². The molecule has 0 atom stereocenters. The van der Waals surface area contributed by atoms with Crippen molar-refractivity contribution in [3.63, 3.8) is 0 Å². The molecule has 5 nitrogen and oxygen atoms in total. The summed E-state index contributed by atoms with van der Waals surface area (Å²) in [5.74, 6) is 1.28. The first kappa shape index (κ1) is 12.2. The Labute approximate surface area is 101 Å². The maximum atomic E-state index is 11.6. The van der Waals surface area contributed by atoms with Crippen LogP contribution in [0.25, 0.3) is 0 Å². The number of hydrogen-bond acceptors (Lipinski definition) is 4. The maximum Gasteiger partial charge on any atom is 0.231 e. The summed E-state index contributed by atoms with van der Waals surface area (Å²) in [6.45, 7) is 3.67. The van der Waals surface area contributed by atoms with Crippen LogP contribution in [0.4, 0.5) is 0 Å². The Morgan fingerprint density at radius 2 is 2.12 bits per heavy atom.